The molecule has 164 valence electrons. The van der Waals surface area contributed by atoms with E-state index >= 15 is 0 Å². The van der Waals surface area contributed by atoms with Crippen molar-refractivity contribution in [3.8, 4) is 0 Å². The Morgan fingerprint density at radius 1 is 1.16 bits per heavy atom. The molecule has 0 unspecified atom stereocenters. The summed E-state index contributed by atoms with van der Waals surface area (Å²) >= 11 is 5.89. The molecule has 0 atom stereocenters. The number of ether oxygens (including phenoxy) is 1. The van der Waals surface area contributed by atoms with Crippen LogP contribution >= 0.6 is 24.0 Å². The van der Waals surface area contributed by atoms with Gasteiger partial charge in [-0.05, 0) is 47.2 Å². The number of carboxylic acids is 1. The Labute approximate surface area is 194 Å². The lowest BCUT2D eigenvalue weighted by Gasteiger charge is -2.37. The maximum atomic E-state index is 10.9. The fourth-order valence-corrected chi connectivity index (χ4v) is 4.09. The SMILES string of the molecule is Cl.O=C(O)C1CN(CC2=Cc3ccc(COC/C=C/c4ccc(Cl)cc4)cc3CC2)C1. The number of carbonyl (C=O) groups is 1. The number of aryl methyl sites for hydroxylation is 1. The van der Waals surface area contributed by atoms with Crippen molar-refractivity contribution in [3.05, 3.63) is 81.4 Å². The van der Waals surface area contributed by atoms with Crippen LogP contribution in [0.4, 0.5) is 0 Å². The van der Waals surface area contributed by atoms with Crippen molar-refractivity contribution in [1.82, 2.24) is 4.90 Å². The van der Waals surface area contributed by atoms with Gasteiger partial charge in [-0.1, -0.05) is 65.7 Å². The predicted octanol–water partition coefficient (Wildman–Crippen LogP) is 5.34. The van der Waals surface area contributed by atoms with Gasteiger partial charge in [0.2, 0.25) is 0 Å². The molecule has 2 aromatic rings. The van der Waals surface area contributed by atoms with E-state index in [-0.39, 0.29) is 18.3 Å². The zero-order valence-electron chi connectivity index (χ0n) is 17.3. The first-order chi connectivity index (χ1) is 14.6. The van der Waals surface area contributed by atoms with E-state index < -0.39 is 5.97 Å². The zero-order valence-corrected chi connectivity index (χ0v) is 18.9. The fourth-order valence-electron chi connectivity index (χ4n) is 3.96. The smallest absolute Gasteiger partial charge is 0.309 e. The van der Waals surface area contributed by atoms with Gasteiger partial charge < -0.3 is 9.84 Å². The van der Waals surface area contributed by atoms with E-state index in [9.17, 15) is 4.79 Å². The summed E-state index contributed by atoms with van der Waals surface area (Å²) in [4.78, 5) is 13.2. The molecule has 0 bridgehead atoms. The van der Waals surface area contributed by atoms with Gasteiger partial charge in [-0.2, -0.15) is 0 Å². The summed E-state index contributed by atoms with van der Waals surface area (Å²) in [5.41, 5.74) is 6.33. The van der Waals surface area contributed by atoms with Crippen LogP contribution < -0.4 is 0 Å². The highest BCUT2D eigenvalue weighted by Gasteiger charge is 2.32. The summed E-state index contributed by atoms with van der Waals surface area (Å²) in [7, 11) is 0. The summed E-state index contributed by atoms with van der Waals surface area (Å²) in [5, 5.41) is 9.75. The van der Waals surface area contributed by atoms with Crippen molar-refractivity contribution >= 4 is 42.1 Å². The number of rotatable bonds is 8. The Balaban J connectivity index is 0.00000272. The molecule has 0 amide bonds. The van der Waals surface area contributed by atoms with Crippen LogP contribution in [-0.2, 0) is 22.6 Å². The van der Waals surface area contributed by atoms with E-state index in [1.165, 1.54) is 22.3 Å². The van der Waals surface area contributed by atoms with E-state index in [2.05, 4.69) is 29.2 Å². The minimum atomic E-state index is -0.676. The van der Waals surface area contributed by atoms with E-state index in [1.54, 1.807) is 0 Å². The van der Waals surface area contributed by atoms with Crippen LogP contribution in [0.2, 0.25) is 5.02 Å². The minimum Gasteiger partial charge on any atom is -0.481 e. The van der Waals surface area contributed by atoms with Crippen LogP contribution in [0.1, 0.15) is 28.7 Å². The Morgan fingerprint density at radius 2 is 1.94 bits per heavy atom. The molecule has 2 aliphatic rings. The van der Waals surface area contributed by atoms with Crippen molar-refractivity contribution in [1.29, 1.82) is 0 Å². The second kappa shape index (κ2) is 11.0. The number of aliphatic carboxylic acids is 1. The monoisotopic (exact) mass is 459 g/mol. The average Bonchev–Trinajstić information content (AvgIpc) is 2.71. The van der Waals surface area contributed by atoms with E-state index in [1.807, 2.05) is 36.4 Å². The summed E-state index contributed by atoms with van der Waals surface area (Å²) < 4.78 is 5.80. The van der Waals surface area contributed by atoms with Gasteiger partial charge in [0.05, 0.1) is 19.1 Å². The Kier molecular flexibility index (Phi) is 8.33. The molecule has 2 aromatic carbocycles. The third-order valence-electron chi connectivity index (χ3n) is 5.68. The summed E-state index contributed by atoms with van der Waals surface area (Å²) in [6.07, 6.45) is 8.39. The lowest BCUT2D eigenvalue weighted by molar-refractivity contribution is -0.147. The van der Waals surface area contributed by atoms with Crippen LogP contribution in [-0.4, -0.2) is 42.2 Å². The number of halogens is 2. The van der Waals surface area contributed by atoms with Crippen LogP contribution in [0.25, 0.3) is 12.2 Å². The number of likely N-dealkylation sites (tertiary alicyclic amines) is 1. The van der Waals surface area contributed by atoms with Gasteiger partial charge in [-0.3, -0.25) is 9.69 Å². The van der Waals surface area contributed by atoms with Crippen molar-refractivity contribution in [2.45, 2.75) is 19.4 Å². The molecule has 0 spiro atoms. The maximum absolute atomic E-state index is 10.9. The Hall–Kier alpha value is -2.11. The molecule has 6 heteroatoms. The van der Waals surface area contributed by atoms with E-state index in [0.717, 1.165) is 30.0 Å². The van der Waals surface area contributed by atoms with Crippen LogP contribution in [0.3, 0.4) is 0 Å². The third kappa shape index (κ3) is 6.44. The molecule has 4 rings (SSSR count). The molecule has 1 N–H and O–H groups in total. The molecule has 1 heterocycles. The van der Waals surface area contributed by atoms with Crippen LogP contribution in [0.15, 0.2) is 54.1 Å². The average molecular weight is 460 g/mol. The normalized spacial score (nSPS) is 16.4. The molecule has 0 aromatic heterocycles. The van der Waals surface area contributed by atoms with Crippen molar-refractivity contribution < 1.29 is 14.6 Å². The Morgan fingerprint density at radius 3 is 2.68 bits per heavy atom. The quantitative estimate of drug-likeness (QED) is 0.541. The second-order valence-corrected chi connectivity index (χ2v) is 8.47. The van der Waals surface area contributed by atoms with Crippen LogP contribution in [0, 0.1) is 5.92 Å². The van der Waals surface area contributed by atoms with Gasteiger partial charge in [0.15, 0.2) is 0 Å². The number of hydrogen-bond acceptors (Lipinski definition) is 3. The first kappa shape index (κ1) is 23.6. The van der Waals surface area contributed by atoms with Crippen molar-refractivity contribution in [2.24, 2.45) is 5.92 Å². The highest BCUT2D eigenvalue weighted by Crippen LogP contribution is 2.27. The largest absolute Gasteiger partial charge is 0.481 e. The second-order valence-electron chi connectivity index (χ2n) is 8.03. The van der Waals surface area contributed by atoms with Gasteiger partial charge in [0.25, 0.3) is 0 Å². The van der Waals surface area contributed by atoms with Gasteiger partial charge in [-0.15, -0.1) is 12.4 Å². The van der Waals surface area contributed by atoms with Crippen molar-refractivity contribution in [2.75, 3.05) is 26.2 Å². The molecule has 31 heavy (non-hydrogen) atoms. The maximum Gasteiger partial charge on any atom is 0.309 e. The lowest BCUT2D eigenvalue weighted by atomic mass is 9.89. The van der Waals surface area contributed by atoms with Gasteiger partial charge in [0.1, 0.15) is 0 Å². The minimum absolute atomic E-state index is 0. The molecular formula is C25H27Cl2NO3. The number of fused-ring (bicyclic) bond motifs is 1. The topological polar surface area (TPSA) is 49.8 Å². The molecule has 1 fully saturated rings. The summed E-state index contributed by atoms with van der Waals surface area (Å²) in [6, 6.07) is 14.3. The molecule has 1 aliphatic heterocycles. The molecule has 1 aliphatic carbocycles. The van der Waals surface area contributed by atoms with Crippen molar-refractivity contribution in [3.63, 3.8) is 0 Å². The Bertz CT molecular complexity index is 963. The molecule has 1 saturated heterocycles. The van der Waals surface area contributed by atoms with Gasteiger partial charge in [0, 0.05) is 24.7 Å². The van der Waals surface area contributed by atoms with E-state index in [4.69, 9.17) is 21.4 Å². The number of nitrogens with zero attached hydrogens (tertiary/aromatic N) is 1. The summed E-state index contributed by atoms with van der Waals surface area (Å²) in [6.45, 7) is 3.38. The molecule has 0 saturated carbocycles. The first-order valence-corrected chi connectivity index (χ1v) is 10.7. The third-order valence-corrected chi connectivity index (χ3v) is 5.93. The summed E-state index contributed by atoms with van der Waals surface area (Å²) in [5.74, 6) is -0.866. The fraction of sp³-hybridized carbons (Fsp3) is 0.320. The lowest BCUT2D eigenvalue weighted by Crippen LogP contribution is -2.50. The van der Waals surface area contributed by atoms with Gasteiger partial charge in [-0.25, -0.2) is 0 Å². The molecule has 4 nitrogen and oxygen atoms in total. The molecule has 0 radical (unpaired) electrons. The number of hydrogen-bond donors (Lipinski definition) is 1. The predicted molar refractivity (Wildman–Crippen MR) is 128 cm³/mol. The van der Waals surface area contributed by atoms with Crippen LogP contribution in [0.5, 0.6) is 0 Å². The standard InChI is InChI=1S/C25H26ClNO3.ClH/c26-24-9-5-18(6-10-24)2-1-11-30-17-20-4-8-21-12-19(3-7-22(21)13-20)14-27-15-23(16-27)25(28)29;/h1-2,4-6,8-10,12-13,23H,3,7,11,14-17H2,(H,28,29);1H/b2-1+;. The number of carboxylic acid groups (broad SMARTS) is 1. The van der Waals surface area contributed by atoms with Gasteiger partial charge >= 0.3 is 5.97 Å². The highest BCUT2D eigenvalue weighted by atomic mass is 35.5. The first-order valence-electron chi connectivity index (χ1n) is 10.3. The highest BCUT2D eigenvalue weighted by molar-refractivity contribution is 6.30. The zero-order chi connectivity index (χ0) is 20.9. The van der Waals surface area contributed by atoms with E-state index in [0.29, 0.717) is 26.3 Å². The number of benzene rings is 2. The molecular weight excluding hydrogens is 433 g/mol.